The minimum Gasteiger partial charge on any atom is -0.387 e. The molecule has 1 aliphatic heterocycles. The molecule has 7 heteroatoms. The minimum atomic E-state index is -0.861. The van der Waals surface area contributed by atoms with Crippen molar-refractivity contribution in [2.24, 2.45) is 5.92 Å². The SMILES string of the molecule is Cc1cc([C@H](C)O)ncc1C1=Cc2cnc(NC(=O)C3CC3)cc2N(C)C1O. The number of carbonyl (C=O) groups is 1. The molecule has 2 aliphatic rings. The van der Waals surface area contributed by atoms with Gasteiger partial charge in [0.05, 0.1) is 17.5 Å². The molecule has 3 heterocycles. The summed E-state index contributed by atoms with van der Waals surface area (Å²) in [6.07, 6.45) is 5.64. The monoisotopic (exact) mass is 380 g/mol. The fourth-order valence-corrected chi connectivity index (χ4v) is 3.42. The number of aryl methyl sites for hydroxylation is 1. The Kier molecular flexibility index (Phi) is 4.64. The molecule has 146 valence electrons. The van der Waals surface area contributed by atoms with E-state index in [9.17, 15) is 15.0 Å². The predicted octanol–water partition coefficient (Wildman–Crippen LogP) is 2.50. The summed E-state index contributed by atoms with van der Waals surface area (Å²) in [5, 5.41) is 23.5. The van der Waals surface area contributed by atoms with Crippen molar-refractivity contribution in [1.82, 2.24) is 9.97 Å². The summed E-state index contributed by atoms with van der Waals surface area (Å²) < 4.78 is 0. The number of carbonyl (C=O) groups excluding carboxylic acids is 1. The molecule has 2 aromatic rings. The minimum absolute atomic E-state index is 0.00240. The summed E-state index contributed by atoms with van der Waals surface area (Å²) in [5.74, 6) is 0.598. The van der Waals surface area contributed by atoms with Crippen LogP contribution in [0.25, 0.3) is 11.6 Å². The molecule has 0 spiro atoms. The lowest BCUT2D eigenvalue weighted by Gasteiger charge is -2.33. The largest absolute Gasteiger partial charge is 0.387 e. The standard InChI is InChI=1S/C21H24N4O3/c1-11-6-17(12(2)26)22-10-16(11)15-7-14-9-23-19(24-20(27)13-4-5-13)8-18(14)25(3)21(15)28/h6-10,12-13,21,26,28H,4-5H2,1-3H3,(H,23,24,27)/t12-,21?/m0/s1. The van der Waals surface area contributed by atoms with Crippen LogP contribution in [0.5, 0.6) is 0 Å². The third kappa shape index (κ3) is 3.39. The summed E-state index contributed by atoms with van der Waals surface area (Å²) in [5.41, 5.74) is 4.71. The van der Waals surface area contributed by atoms with Crippen LogP contribution >= 0.6 is 0 Å². The molecule has 3 N–H and O–H groups in total. The first-order valence-corrected chi connectivity index (χ1v) is 9.43. The van der Waals surface area contributed by atoms with Crippen molar-refractivity contribution in [2.75, 3.05) is 17.3 Å². The van der Waals surface area contributed by atoms with Crippen LogP contribution in [0.3, 0.4) is 0 Å². The van der Waals surface area contributed by atoms with Gasteiger partial charge in [-0.3, -0.25) is 9.78 Å². The van der Waals surface area contributed by atoms with Gasteiger partial charge in [-0.15, -0.1) is 0 Å². The summed E-state index contributed by atoms with van der Waals surface area (Å²) in [6, 6.07) is 3.62. The Labute approximate surface area is 163 Å². The molecule has 2 atom stereocenters. The second-order valence-corrected chi connectivity index (χ2v) is 7.58. The Hall–Kier alpha value is -2.77. The van der Waals surface area contributed by atoms with E-state index in [1.54, 1.807) is 37.3 Å². The number of pyridine rings is 2. The first-order valence-electron chi connectivity index (χ1n) is 9.43. The molecule has 0 aromatic carbocycles. The van der Waals surface area contributed by atoms with Gasteiger partial charge in [-0.1, -0.05) is 0 Å². The molecule has 2 aromatic heterocycles. The Balaban J connectivity index is 1.68. The molecular formula is C21H24N4O3. The fourth-order valence-electron chi connectivity index (χ4n) is 3.42. The molecule has 1 saturated carbocycles. The number of aliphatic hydroxyl groups is 2. The van der Waals surface area contributed by atoms with Crippen molar-refractivity contribution >= 4 is 29.1 Å². The molecule has 28 heavy (non-hydrogen) atoms. The van der Waals surface area contributed by atoms with Gasteiger partial charge in [0.2, 0.25) is 5.91 Å². The van der Waals surface area contributed by atoms with E-state index in [4.69, 9.17) is 0 Å². The Morgan fingerprint density at radius 1 is 1.29 bits per heavy atom. The normalized spacial score (nSPS) is 19.7. The van der Waals surface area contributed by atoms with Gasteiger partial charge in [0.15, 0.2) is 6.23 Å². The van der Waals surface area contributed by atoms with E-state index in [0.29, 0.717) is 17.1 Å². The molecule has 0 radical (unpaired) electrons. The lowest BCUT2D eigenvalue weighted by atomic mass is 9.94. The molecule has 4 rings (SSSR count). The van der Waals surface area contributed by atoms with Crippen LogP contribution in [0.2, 0.25) is 0 Å². The zero-order valence-electron chi connectivity index (χ0n) is 16.2. The van der Waals surface area contributed by atoms with Gasteiger partial charge in [-0.2, -0.15) is 0 Å². The van der Waals surface area contributed by atoms with E-state index in [-0.39, 0.29) is 11.8 Å². The van der Waals surface area contributed by atoms with Crippen molar-refractivity contribution < 1.29 is 15.0 Å². The molecule has 1 amide bonds. The number of amides is 1. The van der Waals surface area contributed by atoms with Crippen molar-refractivity contribution in [3.8, 4) is 0 Å². The van der Waals surface area contributed by atoms with Gasteiger partial charge in [-0.25, -0.2) is 4.98 Å². The number of hydrogen-bond donors (Lipinski definition) is 3. The van der Waals surface area contributed by atoms with Crippen LogP contribution in [0, 0.1) is 12.8 Å². The lowest BCUT2D eigenvalue weighted by molar-refractivity contribution is -0.117. The highest BCUT2D eigenvalue weighted by molar-refractivity contribution is 5.96. The van der Waals surface area contributed by atoms with Crippen LogP contribution in [-0.4, -0.2) is 39.4 Å². The smallest absolute Gasteiger partial charge is 0.228 e. The number of anilines is 2. The van der Waals surface area contributed by atoms with E-state index in [1.807, 2.05) is 19.1 Å². The van der Waals surface area contributed by atoms with Crippen molar-refractivity contribution in [1.29, 1.82) is 0 Å². The van der Waals surface area contributed by atoms with Gasteiger partial charge < -0.3 is 20.4 Å². The summed E-state index contributed by atoms with van der Waals surface area (Å²) in [7, 11) is 1.80. The van der Waals surface area contributed by atoms with Crippen LogP contribution in [0.4, 0.5) is 11.5 Å². The van der Waals surface area contributed by atoms with E-state index in [2.05, 4.69) is 15.3 Å². The maximum Gasteiger partial charge on any atom is 0.228 e. The Bertz CT molecular complexity index is 966. The van der Waals surface area contributed by atoms with Crippen molar-refractivity contribution in [2.45, 2.75) is 39.0 Å². The predicted molar refractivity (Wildman–Crippen MR) is 107 cm³/mol. The van der Waals surface area contributed by atoms with E-state index in [0.717, 1.165) is 35.2 Å². The van der Waals surface area contributed by atoms with Crippen molar-refractivity contribution in [3.05, 3.63) is 46.9 Å². The van der Waals surface area contributed by atoms with E-state index < -0.39 is 12.3 Å². The second-order valence-electron chi connectivity index (χ2n) is 7.58. The highest BCUT2D eigenvalue weighted by atomic mass is 16.3. The molecular weight excluding hydrogens is 356 g/mol. The molecule has 0 bridgehead atoms. The summed E-state index contributed by atoms with van der Waals surface area (Å²) in [4.78, 5) is 22.4. The second kappa shape index (κ2) is 7.00. The zero-order chi connectivity index (χ0) is 20.0. The first kappa shape index (κ1) is 18.6. The molecule has 7 nitrogen and oxygen atoms in total. The van der Waals surface area contributed by atoms with Crippen LogP contribution in [0.15, 0.2) is 24.5 Å². The number of rotatable bonds is 4. The molecule has 0 saturated heterocycles. The topological polar surface area (TPSA) is 98.6 Å². The lowest BCUT2D eigenvalue weighted by Crippen LogP contribution is -2.35. The number of hydrogen-bond acceptors (Lipinski definition) is 6. The Morgan fingerprint density at radius 2 is 2.04 bits per heavy atom. The van der Waals surface area contributed by atoms with Gasteiger partial charge >= 0.3 is 0 Å². The first-order chi connectivity index (χ1) is 13.3. The molecule has 1 unspecified atom stereocenters. The summed E-state index contributed by atoms with van der Waals surface area (Å²) >= 11 is 0. The summed E-state index contributed by atoms with van der Waals surface area (Å²) in [6.45, 7) is 3.60. The van der Waals surface area contributed by atoms with E-state index >= 15 is 0 Å². The maximum absolute atomic E-state index is 12.0. The third-order valence-corrected chi connectivity index (χ3v) is 5.32. The third-order valence-electron chi connectivity index (χ3n) is 5.32. The van der Waals surface area contributed by atoms with Gasteiger partial charge in [0, 0.05) is 48.1 Å². The van der Waals surface area contributed by atoms with Crippen LogP contribution in [-0.2, 0) is 4.79 Å². The maximum atomic E-state index is 12.0. The highest BCUT2D eigenvalue weighted by Crippen LogP contribution is 2.37. The van der Waals surface area contributed by atoms with Crippen LogP contribution < -0.4 is 10.2 Å². The number of fused-ring (bicyclic) bond motifs is 1. The van der Waals surface area contributed by atoms with Gasteiger partial charge in [0.25, 0.3) is 0 Å². The fraction of sp³-hybridized carbons (Fsp3) is 0.381. The van der Waals surface area contributed by atoms with Gasteiger partial charge in [0.1, 0.15) is 5.82 Å². The number of nitrogens with one attached hydrogen (secondary N) is 1. The van der Waals surface area contributed by atoms with Gasteiger partial charge in [-0.05, 0) is 44.4 Å². The number of nitrogens with zero attached hydrogens (tertiary/aromatic N) is 3. The van der Waals surface area contributed by atoms with E-state index in [1.165, 1.54) is 0 Å². The zero-order valence-corrected chi connectivity index (χ0v) is 16.2. The number of likely N-dealkylation sites (N-methyl/N-ethyl adjacent to an activating group) is 1. The van der Waals surface area contributed by atoms with Crippen molar-refractivity contribution in [3.63, 3.8) is 0 Å². The highest BCUT2D eigenvalue weighted by Gasteiger charge is 2.31. The van der Waals surface area contributed by atoms with Crippen LogP contribution in [0.1, 0.15) is 48.3 Å². The Morgan fingerprint density at radius 3 is 2.68 bits per heavy atom. The molecule has 1 fully saturated rings. The molecule has 1 aliphatic carbocycles. The number of aromatic nitrogens is 2. The quantitative estimate of drug-likeness (QED) is 0.754. The average Bonchev–Trinajstić information content (AvgIpc) is 3.50. The number of aliphatic hydroxyl groups excluding tert-OH is 2. The average molecular weight is 380 g/mol.